The van der Waals surface area contributed by atoms with Crippen molar-refractivity contribution in [1.29, 1.82) is 0 Å². The normalized spacial score (nSPS) is 13.2. The predicted molar refractivity (Wildman–Crippen MR) is 59.7 cm³/mol. The second-order valence-electron chi connectivity index (χ2n) is 3.14. The lowest BCUT2D eigenvalue weighted by Crippen LogP contribution is -2.13. The molecular formula is C10H15ClSi. The fourth-order valence-corrected chi connectivity index (χ4v) is 1.95. The van der Waals surface area contributed by atoms with Gasteiger partial charge in [-0.15, -0.1) is 11.6 Å². The van der Waals surface area contributed by atoms with Crippen LogP contribution in [0.15, 0.2) is 24.3 Å². The molecule has 0 spiro atoms. The van der Waals surface area contributed by atoms with Crippen LogP contribution in [-0.4, -0.2) is 15.6 Å². The lowest BCUT2D eigenvalue weighted by Gasteiger charge is -2.08. The summed E-state index contributed by atoms with van der Waals surface area (Å²) in [5, 5.41) is 1.79. The minimum Gasteiger partial charge on any atom is -0.123 e. The summed E-state index contributed by atoms with van der Waals surface area (Å²) in [5.74, 6) is 0. The van der Waals surface area contributed by atoms with Crippen LogP contribution in [-0.2, 0) is 6.42 Å². The van der Waals surface area contributed by atoms with E-state index in [1.807, 2.05) is 0 Å². The van der Waals surface area contributed by atoms with Gasteiger partial charge in [0.25, 0.3) is 0 Å². The van der Waals surface area contributed by atoms with Crippen LogP contribution in [0.4, 0.5) is 0 Å². The highest BCUT2D eigenvalue weighted by atomic mass is 35.5. The molecule has 66 valence electrons. The van der Waals surface area contributed by atoms with E-state index in [9.17, 15) is 0 Å². The fraction of sp³-hybridized carbons (Fsp3) is 0.400. The molecule has 1 aromatic carbocycles. The molecule has 0 saturated heterocycles. The van der Waals surface area contributed by atoms with Crippen molar-refractivity contribution in [2.45, 2.75) is 25.1 Å². The van der Waals surface area contributed by atoms with Gasteiger partial charge in [0.2, 0.25) is 0 Å². The molecule has 0 bridgehead atoms. The van der Waals surface area contributed by atoms with E-state index in [1.54, 1.807) is 0 Å². The molecule has 0 aliphatic heterocycles. The zero-order valence-corrected chi connectivity index (χ0v) is 10.4. The van der Waals surface area contributed by atoms with E-state index < -0.39 is 0 Å². The summed E-state index contributed by atoms with van der Waals surface area (Å²) >= 11 is 6.09. The smallest absolute Gasteiger partial charge is 0.0388 e. The predicted octanol–water partition coefficient (Wildman–Crippen LogP) is 1.24. The third kappa shape index (κ3) is 2.65. The van der Waals surface area contributed by atoms with Crippen molar-refractivity contribution in [2.75, 3.05) is 0 Å². The van der Waals surface area contributed by atoms with Crippen molar-refractivity contribution in [2.24, 2.45) is 0 Å². The number of alkyl halides is 1. The Balaban J connectivity index is 2.69. The molecule has 1 aromatic rings. The highest BCUT2D eigenvalue weighted by Gasteiger charge is 2.03. The van der Waals surface area contributed by atoms with Crippen molar-refractivity contribution in [3.05, 3.63) is 29.8 Å². The average molecular weight is 199 g/mol. The molecule has 1 atom stereocenters. The highest BCUT2D eigenvalue weighted by Crippen LogP contribution is 2.08. The van der Waals surface area contributed by atoms with Crippen LogP contribution in [0.3, 0.4) is 0 Å². The van der Waals surface area contributed by atoms with Gasteiger partial charge < -0.3 is 0 Å². The summed E-state index contributed by atoms with van der Waals surface area (Å²) in [7, 11) is 1.12. The van der Waals surface area contributed by atoms with E-state index in [2.05, 4.69) is 31.2 Å². The van der Waals surface area contributed by atoms with Crippen molar-refractivity contribution in [1.82, 2.24) is 0 Å². The second kappa shape index (κ2) is 4.68. The van der Waals surface area contributed by atoms with E-state index in [-0.39, 0.29) is 0 Å². The average Bonchev–Trinajstić information content (AvgIpc) is 2.09. The minimum absolute atomic E-state index is 0.306. The molecule has 0 aromatic heterocycles. The zero-order valence-electron chi connectivity index (χ0n) is 7.68. The van der Waals surface area contributed by atoms with Gasteiger partial charge in [0.15, 0.2) is 0 Å². The zero-order chi connectivity index (χ0) is 8.97. The van der Waals surface area contributed by atoms with E-state index in [0.29, 0.717) is 5.38 Å². The Morgan fingerprint density at radius 2 is 2.08 bits per heavy atom. The number of benzene rings is 1. The molecule has 12 heavy (non-hydrogen) atoms. The molecule has 0 saturated carbocycles. The van der Waals surface area contributed by atoms with Crippen LogP contribution in [0.2, 0.25) is 0 Å². The number of rotatable bonds is 3. The molecule has 0 heterocycles. The van der Waals surface area contributed by atoms with Crippen molar-refractivity contribution in [3.63, 3.8) is 0 Å². The summed E-state index contributed by atoms with van der Waals surface area (Å²) in [6.45, 7) is 2.13. The van der Waals surface area contributed by atoms with Crippen molar-refractivity contribution < 1.29 is 0 Å². The first kappa shape index (κ1) is 9.81. The van der Waals surface area contributed by atoms with Gasteiger partial charge in [-0.05, 0) is 18.4 Å². The molecule has 0 radical (unpaired) electrons. The topological polar surface area (TPSA) is 0 Å². The van der Waals surface area contributed by atoms with Gasteiger partial charge in [-0.25, -0.2) is 0 Å². The first-order valence-electron chi connectivity index (χ1n) is 4.42. The lowest BCUT2D eigenvalue weighted by molar-refractivity contribution is 0.808. The van der Waals surface area contributed by atoms with E-state index in [1.165, 1.54) is 10.8 Å². The van der Waals surface area contributed by atoms with Crippen LogP contribution in [0.5, 0.6) is 0 Å². The van der Waals surface area contributed by atoms with E-state index in [4.69, 9.17) is 11.6 Å². The molecule has 0 aliphatic rings. The van der Waals surface area contributed by atoms with Gasteiger partial charge in [-0.3, -0.25) is 0 Å². The second-order valence-corrected chi connectivity index (χ2v) is 4.83. The van der Waals surface area contributed by atoms with Crippen LogP contribution >= 0.6 is 11.6 Å². The van der Waals surface area contributed by atoms with Gasteiger partial charge in [0.05, 0.1) is 0 Å². The summed E-state index contributed by atoms with van der Waals surface area (Å²) in [6, 6.07) is 8.57. The molecule has 0 nitrogen and oxygen atoms in total. The molecule has 0 N–H and O–H groups in total. The summed E-state index contributed by atoms with van der Waals surface area (Å²) in [6.07, 6.45) is 2.08. The number of hydrogen-bond donors (Lipinski definition) is 0. The Morgan fingerprint density at radius 3 is 2.67 bits per heavy atom. The maximum absolute atomic E-state index is 6.09. The third-order valence-corrected chi connectivity index (χ3v) is 3.58. The summed E-state index contributed by atoms with van der Waals surface area (Å²) < 4.78 is 0. The largest absolute Gasteiger partial charge is 0.123 e. The van der Waals surface area contributed by atoms with Crippen molar-refractivity contribution >= 4 is 27.0 Å². The molecule has 0 fully saturated rings. The first-order valence-corrected chi connectivity index (χ1v) is 5.86. The van der Waals surface area contributed by atoms with Gasteiger partial charge in [0.1, 0.15) is 0 Å². The molecular weight excluding hydrogens is 184 g/mol. The van der Waals surface area contributed by atoms with Crippen LogP contribution in [0, 0.1) is 0 Å². The molecule has 2 heteroatoms. The summed E-state index contributed by atoms with van der Waals surface area (Å²) in [4.78, 5) is 0. The monoisotopic (exact) mass is 198 g/mol. The van der Waals surface area contributed by atoms with Crippen molar-refractivity contribution in [3.8, 4) is 0 Å². The standard InChI is InChI=1S/C10H15ClSi/c1-2-9(11)7-8-5-3-4-6-10(8)12/h3-6,9H,2,7H2,1,12H3. The molecule has 1 rings (SSSR count). The number of hydrogen-bond acceptors (Lipinski definition) is 0. The van der Waals surface area contributed by atoms with Gasteiger partial charge in [-0.2, -0.15) is 0 Å². The minimum atomic E-state index is 0.306. The maximum atomic E-state index is 6.09. The Morgan fingerprint density at radius 1 is 1.42 bits per heavy atom. The summed E-state index contributed by atoms with van der Waals surface area (Å²) in [5.41, 5.74) is 1.44. The maximum Gasteiger partial charge on any atom is 0.0388 e. The first-order chi connectivity index (χ1) is 5.74. The quantitative estimate of drug-likeness (QED) is 0.507. The Hall–Kier alpha value is -0.273. The van der Waals surface area contributed by atoms with Crippen LogP contribution < -0.4 is 5.19 Å². The SMILES string of the molecule is CCC(Cl)Cc1ccccc1[SiH3]. The van der Waals surface area contributed by atoms with Gasteiger partial charge in [0, 0.05) is 15.6 Å². The van der Waals surface area contributed by atoms with Gasteiger partial charge in [-0.1, -0.05) is 36.4 Å². The highest BCUT2D eigenvalue weighted by molar-refractivity contribution is 6.33. The van der Waals surface area contributed by atoms with E-state index >= 15 is 0 Å². The Kier molecular flexibility index (Phi) is 3.83. The lowest BCUT2D eigenvalue weighted by atomic mass is 10.1. The molecule has 1 unspecified atom stereocenters. The van der Waals surface area contributed by atoms with Gasteiger partial charge >= 0.3 is 0 Å². The Labute approximate surface area is 82.4 Å². The molecule has 0 aliphatic carbocycles. The third-order valence-electron chi connectivity index (χ3n) is 2.15. The van der Waals surface area contributed by atoms with Crippen LogP contribution in [0.1, 0.15) is 18.9 Å². The Bertz CT molecular complexity index is 247. The van der Waals surface area contributed by atoms with Crippen LogP contribution in [0.25, 0.3) is 0 Å². The number of halogens is 1. The molecule has 0 amide bonds. The van der Waals surface area contributed by atoms with E-state index in [0.717, 1.165) is 23.1 Å². The fourth-order valence-electron chi connectivity index (χ4n) is 1.22.